The summed E-state index contributed by atoms with van der Waals surface area (Å²) in [6.07, 6.45) is 1.30. The molecule has 0 aliphatic carbocycles. The van der Waals surface area contributed by atoms with Gasteiger partial charge in [0.2, 0.25) is 0 Å². The van der Waals surface area contributed by atoms with Crippen molar-refractivity contribution in [1.82, 2.24) is 9.97 Å². The normalized spacial score (nSPS) is 9.72. The fraction of sp³-hybridized carbons (Fsp3) is 0.0769. The van der Waals surface area contributed by atoms with Crippen LogP contribution in [0.1, 0.15) is 16.2 Å². The van der Waals surface area contributed by atoms with Gasteiger partial charge in [-0.2, -0.15) is 5.26 Å². The van der Waals surface area contributed by atoms with Crippen LogP contribution in [0.15, 0.2) is 36.5 Å². The van der Waals surface area contributed by atoms with E-state index < -0.39 is 5.97 Å². The van der Waals surface area contributed by atoms with Crippen molar-refractivity contribution in [3.05, 3.63) is 47.9 Å². The molecule has 0 bridgehead atoms. The Morgan fingerprint density at radius 3 is 2.67 bits per heavy atom. The molecule has 1 N–H and O–H groups in total. The van der Waals surface area contributed by atoms with Gasteiger partial charge in [0.1, 0.15) is 11.4 Å². The van der Waals surface area contributed by atoms with E-state index in [1.54, 1.807) is 24.3 Å². The van der Waals surface area contributed by atoms with Crippen molar-refractivity contribution in [2.24, 2.45) is 0 Å². The molecule has 5 nitrogen and oxygen atoms in total. The summed E-state index contributed by atoms with van der Waals surface area (Å²) in [6, 6.07) is 10.9. The van der Waals surface area contributed by atoms with E-state index in [2.05, 4.69) is 9.97 Å². The Morgan fingerprint density at radius 1 is 1.33 bits per heavy atom. The van der Waals surface area contributed by atoms with Crippen molar-refractivity contribution in [3.63, 3.8) is 0 Å². The maximum absolute atomic E-state index is 11.1. The second-order valence-electron chi connectivity index (χ2n) is 3.55. The molecule has 0 saturated heterocycles. The Hall–Kier alpha value is -2.74. The molecule has 1 aromatic heterocycles. The number of hydrogen-bond acceptors (Lipinski definition) is 4. The van der Waals surface area contributed by atoms with Gasteiger partial charge in [-0.1, -0.05) is 30.3 Å². The molecule has 0 saturated carbocycles. The van der Waals surface area contributed by atoms with Crippen molar-refractivity contribution < 1.29 is 9.90 Å². The van der Waals surface area contributed by atoms with Crippen molar-refractivity contribution >= 4 is 5.97 Å². The summed E-state index contributed by atoms with van der Waals surface area (Å²) in [6.45, 7) is 0. The van der Waals surface area contributed by atoms with Crippen LogP contribution in [0.25, 0.3) is 11.3 Å². The fourth-order valence-corrected chi connectivity index (χ4v) is 1.55. The van der Waals surface area contributed by atoms with Gasteiger partial charge in [0.05, 0.1) is 18.2 Å². The van der Waals surface area contributed by atoms with Crippen LogP contribution >= 0.6 is 0 Å². The first kappa shape index (κ1) is 11.7. The molecule has 88 valence electrons. The summed E-state index contributed by atoms with van der Waals surface area (Å²) in [7, 11) is 0. The Bertz CT molecular complexity index is 618. The van der Waals surface area contributed by atoms with Crippen molar-refractivity contribution in [1.29, 1.82) is 5.26 Å². The lowest BCUT2D eigenvalue weighted by Crippen LogP contribution is -2.06. The smallest absolute Gasteiger partial charge is 0.339 e. The van der Waals surface area contributed by atoms with Gasteiger partial charge in [0.15, 0.2) is 0 Å². The van der Waals surface area contributed by atoms with Crippen molar-refractivity contribution in [3.8, 4) is 17.3 Å². The molecule has 0 atom stereocenters. The lowest BCUT2D eigenvalue weighted by Gasteiger charge is -2.06. The zero-order valence-electron chi connectivity index (χ0n) is 9.37. The van der Waals surface area contributed by atoms with Gasteiger partial charge < -0.3 is 5.11 Å². The van der Waals surface area contributed by atoms with E-state index in [9.17, 15) is 4.79 Å². The molecular weight excluding hydrogens is 230 g/mol. The van der Waals surface area contributed by atoms with Gasteiger partial charge in [0.25, 0.3) is 0 Å². The summed E-state index contributed by atoms with van der Waals surface area (Å²) in [5.74, 6) is -0.765. The SMILES string of the molecule is N#CCc1ncc(C(=O)O)c(-c2ccccc2)n1. The molecule has 0 amide bonds. The molecular formula is C13H9N3O2. The van der Waals surface area contributed by atoms with Crippen LogP contribution in [0.3, 0.4) is 0 Å². The maximum Gasteiger partial charge on any atom is 0.339 e. The zero-order chi connectivity index (χ0) is 13.0. The number of carbonyl (C=O) groups is 1. The second kappa shape index (κ2) is 5.06. The number of hydrogen-bond donors (Lipinski definition) is 1. The highest BCUT2D eigenvalue weighted by Crippen LogP contribution is 2.20. The lowest BCUT2D eigenvalue weighted by molar-refractivity contribution is 0.0697. The fourth-order valence-electron chi connectivity index (χ4n) is 1.55. The van der Waals surface area contributed by atoms with Crippen LogP contribution in [0.5, 0.6) is 0 Å². The first-order chi connectivity index (χ1) is 8.72. The number of nitrogens with zero attached hydrogens (tertiary/aromatic N) is 3. The van der Waals surface area contributed by atoms with Gasteiger partial charge in [-0.15, -0.1) is 0 Å². The Kier molecular flexibility index (Phi) is 3.30. The minimum Gasteiger partial charge on any atom is -0.478 e. The van der Waals surface area contributed by atoms with E-state index in [0.29, 0.717) is 17.1 Å². The summed E-state index contributed by atoms with van der Waals surface area (Å²) in [4.78, 5) is 19.1. The average Bonchev–Trinajstić information content (AvgIpc) is 2.40. The van der Waals surface area contributed by atoms with Crippen LogP contribution in [-0.4, -0.2) is 21.0 Å². The highest BCUT2D eigenvalue weighted by molar-refractivity contribution is 5.94. The van der Waals surface area contributed by atoms with Crippen molar-refractivity contribution in [2.75, 3.05) is 0 Å². The number of carboxylic acid groups (broad SMARTS) is 1. The van der Waals surface area contributed by atoms with E-state index in [0.717, 1.165) is 0 Å². The van der Waals surface area contributed by atoms with E-state index in [4.69, 9.17) is 10.4 Å². The van der Waals surface area contributed by atoms with Gasteiger partial charge in [0, 0.05) is 11.8 Å². The van der Waals surface area contributed by atoms with Crippen LogP contribution in [0.2, 0.25) is 0 Å². The molecule has 1 aromatic carbocycles. The van der Waals surface area contributed by atoms with Gasteiger partial charge in [-0.25, -0.2) is 14.8 Å². The predicted molar refractivity (Wildman–Crippen MR) is 63.7 cm³/mol. The second-order valence-corrected chi connectivity index (χ2v) is 3.55. The number of carboxylic acids is 1. The third-order valence-electron chi connectivity index (χ3n) is 2.35. The maximum atomic E-state index is 11.1. The molecule has 0 radical (unpaired) electrons. The average molecular weight is 239 g/mol. The number of benzene rings is 1. The molecule has 1 heterocycles. The minimum absolute atomic E-state index is 0.0305. The molecule has 0 fully saturated rings. The minimum atomic E-state index is -1.09. The molecule has 18 heavy (non-hydrogen) atoms. The van der Waals surface area contributed by atoms with E-state index in [-0.39, 0.29) is 12.0 Å². The van der Waals surface area contributed by atoms with E-state index in [1.807, 2.05) is 12.1 Å². The van der Waals surface area contributed by atoms with Crippen LogP contribution in [-0.2, 0) is 6.42 Å². The van der Waals surface area contributed by atoms with E-state index >= 15 is 0 Å². The highest BCUT2D eigenvalue weighted by Gasteiger charge is 2.14. The summed E-state index contributed by atoms with van der Waals surface area (Å²) in [5, 5.41) is 17.7. The van der Waals surface area contributed by atoms with Gasteiger partial charge in [-0.3, -0.25) is 0 Å². The Morgan fingerprint density at radius 2 is 2.06 bits per heavy atom. The molecule has 0 unspecified atom stereocenters. The number of aromatic nitrogens is 2. The molecule has 0 aliphatic rings. The van der Waals surface area contributed by atoms with Crippen LogP contribution in [0, 0.1) is 11.3 Å². The molecule has 5 heteroatoms. The third kappa shape index (κ3) is 2.33. The molecule has 0 spiro atoms. The largest absolute Gasteiger partial charge is 0.478 e. The first-order valence-electron chi connectivity index (χ1n) is 5.24. The summed E-state index contributed by atoms with van der Waals surface area (Å²) >= 11 is 0. The number of rotatable bonds is 3. The van der Waals surface area contributed by atoms with Gasteiger partial charge in [-0.05, 0) is 0 Å². The van der Waals surface area contributed by atoms with Crippen LogP contribution < -0.4 is 0 Å². The molecule has 0 aliphatic heterocycles. The Balaban J connectivity index is 2.58. The summed E-state index contributed by atoms with van der Waals surface area (Å²) in [5.41, 5.74) is 1.06. The monoisotopic (exact) mass is 239 g/mol. The lowest BCUT2D eigenvalue weighted by atomic mass is 10.1. The quantitative estimate of drug-likeness (QED) is 0.883. The van der Waals surface area contributed by atoms with E-state index in [1.165, 1.54) is 6.20 Å². The predicted octanol–water partition coefficient (Wildman–Crippen LogP) is 1.91. The Labute approximate surface area is 103 Å². The standard InChI is InChI=1S/C13H9N3O2/c14-7-6-11-15-8-10(13(17)18)12(16-11)9-4-2-1-3-5-9/h1-5,8H,6H2,(H,17,18). The zero-order valence-corrected chi connectivity index (χ0v) is 9.37. The molecule has 2 rings (SSSR count). The number of nitriles is 1. The van der Waals surface area contributed by atoms with Crippen molar-refractivity contribution in [2.45, 2.75) is 6.42 Å². The van der Waals surface area contributed by atoms with Crippen LogP contribution in [0.4, 0.5) is 0 Å². The summed E-state index contributed by atoms with van der Waals surface area (Å²) < 4.78 is 0. The number of aromatic carboxylic acids is 1. The third-order valence-corrected chi connectivity index (χ3v) is 2.35. The first-order valence-corrected chi connectivity index (χ1v) is 5.24. The van der Waals surface area contributed by atoms with Gasteiger partial charge >= 0.3 is 5.97 Å². The molecule has 2 aromatic rings. The highest BCUT2D eigenvalue weighted by atomic mass is 16.4. The topological polar surface area (TPSA) is 86.9 Å².